The zero-order valence-corrected chi connectivity index (χ0v) is 16.7. The summed E-state index contributed by atoms with van der Waals surface area (Å²) >= 11 is 0. The van der Waals surface area contributed by atoms with Gasteiger partial charge < -0.3 is 15.4 Å². The zero-order chi connectivity index (χ0) is 23.0. The third kappa shape index (κ3) is 3.79. The third-order valence-corrected chi connectivity index (χ3v) is 5.46. The summed E-state index contributed by atoms with van der Waals surface area (Å²) in [4.78, 5) is 62.8. The van der Waals surface area contributed by atoms with E-state index >= 15 is 0 Å². The Morgan fingerprint density at radius 2 is 1.78 bits per heavy atom. The first-order valence-electron chi connectivity index (χ1n) is 9.85. The molecule has 1 saturated heterocycles. The number of piperidine rings is 1. The zero-order valence-electron chi connectivity index (χ0n) is 16.7. The van der Waals surface area contributed by atoms with Crippen molar-refractivity contribution in [2.24, 2.45) is 0 Å². The van der Waals surface area contributed by atoms with Crippen molar-refractivity contribution in [1.82, 2.24) is 15.5 Å². The fourth-order valence-corrected chi connectivity index (χ4v) is 3.82. The maximum absolute atomic E-state index is 13.1. The minimum absolute atomic E-state index is 0.0266. The number of imide groups is 2. The van der Waals surface area contributed by atoms with E-state index in [1.165, 1.54) is 30.3 Å². The van der Waals surface area contributed by atoms with Crippen molar-refractivity contribution in [1.29, 1.82) is 0 Å². The average molecular weight is 435 g/mol. The van der Waals surface area contributed by atoms with Crippen LogP contribution in [0.5, 0.6) is 0 Å². The quantitative estimate of drug-likeness (QED) is 0.336. The van der Waals surface area contributed by atoms with Gasteiger partial charge in [-0.1, -0.05) is 24.3 Å². The summed E-state index contributed by atoms with van der Waals surface area (Å²) in [5.41, 5.74) is 1.16. The van der Waals surface area contributed by atoms with Crippen molar-refractivity contribution < 1.29 is 34.0 Å². The van der Waals surface area contributed by atoms with Crippen molar-refractivity contribution in [3.63, 3.8) is 0 Å². The summed E-state index contributed by atoms with van der Waals surface area (Å²) in [6.45, 7) is -0.0470. The van der Waals surface area contributed by atoms with Gasteiger partial charge in [-0.15, -0.1) is 0 Å². The number of fused-ring (bicyclic) bond motifs is 1. The van der Waals surface area contributed by atoms with Crippen LogP contribution >= 0.6 is 0 Å². The van der Waals surface area contributed by atoms with Crippen LogP contribution in [0.15, 0.2) is 42.5 Å². The van der Waals surface area contributed by atoms with Gasteiger partial charge in [0.2, 0.25) is 11.8 Å². The predicted octanol–water partition coefficient (Wildman–Crippen LogP) is -1.30. The average Bonchev–Trinajstić information content (AvgIpc) is 3.03. The Bertz CT molecular complexity index is 1150. The highest BCUT2D eigenvalue weighted by Crippen LogP contribution is 2.29. The molecule has 2 heterocycles. The fraction of sp³-hybridized carbons (Fsp3) is 0.190. The maximum atomic E-state index is 13.1. The molecule has 1 unspecified atom stereocenters. The van der Waals surface area contributed by atoms with E-state index in [1.807, 2.05) is 0 Å². The Hall–Kier alpha value is -3.83. The molecule has 1 fully saturated rings. The van der Waals surface area contributed by atoms with Gasteiger partial charge in [0.15, 0.2) is 0 Å². The largest absolute Gasteiger partial charge is 0.488 e. The number of hydrogen-bond donors (Lipinski definition) is 4. The highest BCUT2D eigenvalue weighted by molar-refractivity contribution is 6.58. The van der Waals surface area contributed by atoms with Crippen molar-refractivity contribution in [2.45, 2.75) is 25.4 Å². The van der Waals surface area contributed by atoms with Gasteiger partial charge in [0.1, 0.15) is 6.04 Å². The lowest BCUT2D eigenvalue weighted by molar-refractivity contribution is -0.136. The Balaban J connectivity index is 1.52. The molecule has 2 aliphatic rings. The Morgan fingerprint density at radius 3 is 2.44 bits per heavy atom. The summed E-state index contributed by atoms with van der Waals surface area (Å²) in [5, 5.41) is 23.1. The predicted molar refractivity (Wildman–Crippen MR) is 111 cm³/mol. The lowest BCUT2D eigenvalue weighted by Gasteiger charge is -2.27. The van der Waals surface area contributed by atoms with Crippen LogP contribution in [0.1, 0.15) is 49.5 Å². The first-order valence-corrected chi connectivity index (χ1v) is 9.85. The van der Waals surface area contributed by atoms with Crippen LogP contribution in [0.3, 0.4) is 0 Å². The number of hydrogen-bond acceptors (Lipinski definition) is 7. The molecule has 2 aromatic rings. The van der Waals surface area contributed by atoms with E-state index in [0.29, 0.717) is 5.56 Å². The van der Waals surface area contributed by atoms with Crippen LogP contribution in [0.25, 0.3) is 0 Å². The second kappa shape index (κ2) is 8.37. The standard InChI is InChI=1S/C21H18BN3O7/c26-16-9-8-15(19(28)24-16)25-20(29)14-3-1-2-12(17(14)21(25)30)10-23-18(27)11-4-6-13(7-5-11)22(31)32/h1-7,15,31-32H,8-10H2,(H,23,27)(H,24,26,28). The number of rotatable bonds is 5. The molecule has 0 bridgehead atoms. The van der Waals surface area contributed by atoms with Gasteiger partial charge >= 0.3 is 7.12 Å². The smallest absolute Gasteiger partial charge is 0.423 e. The van der Waals surface area contributed by atoms with Crippen molar-refractivity contribution in [2.75, 3.05) is 0 Å². The molecule has 0 aromatic heterocycles. The highest BCUT2D eigenvalue weighted by atomic mass is 16.4. The minimum Gasteiger partial charge on any atom is -0.423 e. The second-order valence-corrected chi connectivity index (χ2v) is 7.47. The molecule has 4 rings (SSSR count). The summed E-state index contributed by atoms with van der Waals surface area (Å²) in [7, 11) is -1.64. The number of carbonyl (C=O) groups excluding carboxylic acids is 5. The fourth-order valence-electron chi connectivity index (χ4n) is 3.82. The van der Waals surface area contributed by atoms with E-state index in [0.717, 1.165) is 4.90 Å². The molecule has 2 aromatic carbocycles. The summed E-state index contributed by atoms with van der Waals surface area (Å²) in [5.74, 6) is -2.87. The van der Waals surface area contributed by atoms with Crippen molar-refractivity contribution >= 4 is 42.1 Å². The van der Waals surface area contributed by atoms with Crippen LogP contribution in [0, 0.1) is 0 Å². The second-order valence-electron chi connectivity index (χ2n) is 7.47. The molecular formula is C21H18BN3O7. The molecule has 11 heteroatoms. The highest BCUT2D eigenvalue weighted by Gasteiger charge is 2.45. The van der Waals surface area contributed by atoms with Gasteiger partial charge in [-0.25, -0.2) is 0 Å². The lowest BCUT2D eigenvalue weighted by Crippen LogP contribution is -2.54. The molecule has 2 aliphatic heterocycles. The normalized spacial score (nSPS) is 17.8. The van der Waals surface area contributed by atoms with Gasteiger partial charge in [0, 0.05) is 18.5 Å². The molecule has 10 nitrogen and oxygen atoms in total. The number of benzene rings is 2. The summed E-state index contributed by atoms with van der Waals surface area (Å²) in [6, 6.07) is 9.26. The van der Waals surface area contributed by atoms with E-state index in [-0.39, 0.29) is 41.5 Å². The van der Waals surface area contributed by atoms with E-state index in [9.17, 15) is 24.0 Å². The van der Waals surface area contributed by atoms with Crippen molar-refractivity contribution in [3.05, 3.63) is 64.7 Å². The van der Waals surface area contributed by atoms with Crippen LogP contribution in [0.4, 0.5) is 0 Å². The summed E-state index contributed by atoms with van der Waals surface area (Å²) in [6.07, 6.45) is 0.0829. The third-order valence-electron chi connectivity index (χ3n) is 5.46. The van der Waals surface area contributed by atoms with Crippen LogP contribution in [-0.4, -0.2) is 57.6 Å². The van der Waals surface area contributed by atoms with Gasteiger partial charge in [-0.2, -0.15) is 0 Å². The monoisotopic (exact) mass is 435 g/mol. The molecular weight excluding hydrogens is 417 g/mol. The molecule has 1 atom stereocenters. The van der Waals surface area contributed by atoms with E-state index in [1.54, 1.807) is 12.1 Å². The van der Waals surface area contributed by atoms with Gasteiger partial charge in [-0.3, -0.25) is 34.2 Å². The summed E-state index contributed by atoms with van der Waals surface area (Å²) < 4.78 is 0. The van der Waals surface area contributed by atoms with E-state index < -0.39 is 42.7 Å². The molecule has 5 amide bonds. The topological polar surface area (TPSA) is 153 Å². The van der Waals surface area contributed by atoms with Crippen LogP contribution < -0.4 is 16.1 Å². The first-order chi connectivity index (χ1) is 15.3. The Morgan fingerprint density at radius 1 is 1.06 bits per heavy atom. The van der Waals surface area contributed by atoms with Crippen molar-refractivity contribution in [3.8, 4) is 0 Å². The van der Waals surface area contributed by atoms with Gasteiger partial charge in [0.25, 0.3) is 17.7 Å². The minimum atomic E-state index is -1.64. The lowest BCUT2D eigenvalue weighted by atomic mass is 9.80. The van der Waals surface area contributed by atoms with Gasteiger partial charge in [0.05, 0.1) is 11.1 Å². The maximum Gasteiger partial charge on any atom is 0.488 e. The molecule has 0 saturated carbocycles. The van der Waals surface area contributed by atoms with Crippen LogP contribution in [-0.2, 0) is 16.1 Å². The molecule has 4 N–H and O–H groups in total. The number of amides is 5. The Kier molecular flexibility index (Phi) is 5.60. The molecule has 0 radical (unpaired) electrons. The van der Waals surface area contributed by atoms with Gasteiger partial charge in [-0.05, 0) is 35.6 Å². The van der Waals surface area contributed by atoms with E-state index in [2.05, 4.69) is 10.6 Å². The first kappa shape index (κ1) is 21.4. The number of carbonyl (C=O) groups is 5. The number of nitrogens with one attached hydrogen (secondary N) is 2. The molecule has 162 valence electrons. The number of nitrogens with zero attached hydrogens (tertiary/aromatic N) is 1. The Labute approximate surface area is 182 Å². The van der Waals surface area contributed by atoms with Crippen LogP contribution in [0.2, 0.25) is 0 Å². The molecule has 0 spiro atoms. The molecule has 32 heavy (non-hydrogen) atoms. The SMILES string of the molecule is O=C1CCC(N2C(=O)c3cccc(CNC(=O)c4ccc(B(O)O)cc4)c3C2=O)C(=O)N1. The van der Waals surface area contributed by atoms with E-state index in [4.69, 9.17) is 10.0 Å². The molecule has 0 aliphatic carbocycles.